The van der Waals surface area contributed by atoms with E-state index in [0.29, 0.717) is 12.8 Å². The molecule has 0 aromatic carbocycles. The number of carbonyl (C=O) groups is 2. The number of methoxy groups -OCH3 is 1. The minimum atomic E-state index is -1.02. The van der Waals surface area contributed by atoms with E-state index in [4.69, 9.17) is 5.11 Å². The normalized spacial score (nSPS) is 11.1. The molecule has 0 radical (unpaired) electrons. The van der Waals surface area contributed by atoms with Crippen LogP contribution in [-0.2, 0) is 14.3 Å². The van der Waals surface area contributed by atoms with Crippen LogP contribution in [0.4, 0.5) is 0 Å². The number of carboxylic acid groups (broad SMARTS) is 1. The number of rotatable bonds is 6. The molecule has 0 heterocycles. The van der Waals surface area contributed by atoms with Gasteiger partial charge in [-0.15, -0.1) is 0 Å². The van der Waals surface area contributed by atoms with Crippen molar-refractivity contribution in [3.63, 3.8) is 0 Å². The van der Waals surface area contributed by atoms with Crippen molar-refractivity contribution in [3.8, 4) is 0 Å². The van der Waals surface area contributed by atoms with Crippen molar-refractivity contribution < 1.29 is 19.4 Å². The second-order valence-corrected chi connectivity index (χ2v) is 3.02. The lowest BCUT2D eigenvalue weighted by atomic mass is 9.93. The van der Waals surface area contributed by atoms with Crippen molar-refractivity contribution in [2.24, 2.45) is 0 Å². The highest BCUT2D eigenvalue weighted by atomic mass is 16.5. The Balaban J connectivity index is 4.37. The monoisotopic (exact) mass is 203 g/mol. The third kappa shape index (κ3) is 2.99. The van der Waals surface area contributed by atoms with E-state index in [2.05, 4.69) is 10.1 Å². The summed E-state index contributed by atoms with van der Waals surface area (Å²) in [5.74, 6) is -1.40. The van der Waals surface area contributed by atoms with Crippen LogP contribution in [0.5, 0.6) is 0 Å². The predicted octanol–water partition coefficient (Wildman–Crippen LogP) is 0.392. The number of hydrogen-bond donors (Lipinski definition) is 2. The van der Waals surface area contributed by atoms with Gasteiger partial charge in [-0.05, 0) is 12.8 Å². The number of aliphatic carboxylic acids is 1. The van der Waals surface area contributed by atoms with Crippen LogP contribution < -0.4 is 5.32 Å². The molecule has 0 aliphatic rings. The van der Waals surface area contributed by atoms with Crippen molar-refractivity contribution in [1.29, 1.82) is 0 Å². The summed E-state index contributed by atoms with van der Waals surface area (Å²) in [6.45, 7) is 3.45. The molecule has 0 fully saturated rings. The Bertz CT molecular complexity index is 211. The van der Waals surface area contributed by atoms with Crippen LogP contribution in [-0.4, -0.2) is 36.2 Å². The summed E-state index contributed by atoms with van der Waals surface area (Å²) >= 11 is 0. The molecule has 0 bridgehead atoms. The average Bonchev–Trinajstić information content (AvgIpc) is 2.19. The summed E-state index contributed by atoms with van der Waals surface area (Å²) in [6, 6.07) is 0. The Morgan fingerprint density at radius 3 is 2.14 bits per heavy atom. The van der Waals surface area contributed by atoms with E-state index in [-0.39, 0.29) is 6.54 Å². The van der Waals surface area contributed by atoms with Crippen LogP contribution >= 0.6 is 0 Å². The van der Waals surface area contributed by atoms with Gasteiger partial charge < -0.3 is 9.84 Å². The molecule has 0 amide bonds. The van der Waals surface area contributed by atoms with Gasteiger partial charge in [0, 0.05) is 0 Å². The molecule has 0 spiro atoms. The molecule has 5 heteroatoms. The van der Waals surface area contributed by atoms with Crippen LogP contribution in [0.25, 0.3) is 0 Å². The zero-order valence-corrected chi connectivity index (χ0v) is 8.79. The molecule has 2 N–H and O–H groups in total. The smallest absolute Gasteiger partial charge is 0.323 e. The van der Waals surface area contributed by atoms with Gasteiger partial charge in [0.1, 0.15) is 5.54 Å². The van der Waals surface area contributed by atoms with Gasteiger partial charge in [-0.1, -0.05) is 13.8 Å². The molecule has 0 atom stereocenters. The molecule has 0 aromatic heterocycles. The number of carbonyl (C=O) groups excluding carboxylic acids is 1. The zero-order chi connectivity index (χ0) is 11.2. The fourth-order valence-electron chi connectivity index (χ4n) is 1.19. The summed E-state index contributed by atoms with van der Waals surface area (Å²) in [4.78, 5) is 21.8. The third-order valence-corrected chi connectivity index (χ3v) is 2.42. The highest BCUT2D eigenvalue weighted by Gasteiger charge is 2.34. The van der Waals surface area contributed by atoms with E-state index in [9.17, 15) is 9.59 Å². The van der Waals surface area contributed by atoms with Gasteiger partial charge in [-0.3, -0.25) is 14.9 Å². The largest absolute Gasteiger partial charge is 0.480 e. The molecular formula is C9H17NO4. The Morgan fingerprint density at radius 1 is 1.36 bits per heavy atom. The summed E-state index contributed by atoms with van der Waals surface area (Å²) in [5, 5.41) is 11.7. The Kier molecular flexibility index (Phi) is 5.15. The molecule has 82 valence electrons. The SMILES string of the molecule is CCC(CC)(NCC(=O)OC)C(=O)O. The molecule has 0 unspecified atom stereocenters. The first-order valence-electron chi connectivity index (χ1n) is 4.57. The molecular weight excluding hydrogens is 186 g/mol. The Morgan fingerprint density at radius 2 is 1.86 bits per heavy atom. The van der Waals surface area contributed by atoms with E-state index in [0.717, 1.165) is 0 Å². The molecule has 5 nitrogen and oxygen atoms in total. The van der Waals surface area contributed by atoms with E-state index >= 15 is 0 Å². The lowest BCUT2D eigenvalue weighted by Crippen LogP contribution is -2.52. The van der Waals surface area contributed by atoms with Crippen molar-refractivity contribution >= 4 is 11.9 Å². The van der Waals surface area contributed by atoms with Crippen molar-refractivity contribution in [3.05, 3.63) is 0 Å². The van der Waals surface area contributed by atoms with Gasteiger partial charge in [0.15, 0.2) is 0 Å². The topological polar surface area (TPSA) is 75.6 Å². The first-order chi connectivity index (χ1) is 6.52. The maximum absolute atomic E-state index is 11.0. The van der Waals surface area contributed by atoms with Gasteiger partial charge in [0.2, 0.25) is 0 Å². The molecule has 0 aliphatic carbocycles. The lowest BCUT2D eigenvalue weighted by molar-refractivity contribution is -0.146. The van der Waals surface area contributed by atoms with Gasteiger partial charge in [0.05, 0.1) is 13.7 Å². The first kappa shape index (κ1) is 12.9. The number of esters is 1. The molecule has 0 saturated heterocycles. The summed E-state index contributed by atoms with van der Waals surface area (Å²) in [7, 11) is 1.27. The first-order valence-corrected chi connectivity index (χ1v) is 4.57. The zero-order valence-electron chi connectivity index (χ0n) is 8.79. The lowest BCUT2D eigenvalue weighted by Gasteiger charge is -2.27. The number of nitrogens with one attached hydrogen (secondary N) is 1. The summed E-state index contributed by atoms with van der Waals surface area (Å²) < 4.78 is 4.42. The maximum Gasteiger partial charge on any atom is 0.323 e. The van der Waals surface area contributed by atoms with Crippen molar-refractivity contribution in [2.75, 3.05) is 13.7 Å². The van der Waals surface area contributed by atoms with Gasteiger partial charge in [0.25, 0.3) is 0 Å². The Hall–Kier alpha value is -1.10. The second-order valence-electron chi connectivity index (χ2n) is 3.02. The van der Waals surface area contributed by atoms with Gasteiger partial charge >= 0.3 is 11.9 Å². The van der Waals surface area contributed by atoms with Gasteiger partial charge in [-0.25, -0.2) is 0 Å². The van der Waals surface area contributed by atoms with Crippen LogP contribution in [0.2, 0.25) is 0 Å². The second kappa shape index (κ2) is 5.59. The molecule has 0 rings (SSSR count). The highest BCUT2D eigenvalue weighted by Crippen LogP contribution is 2.14. The summed E-state index contributed by atoms with van der Waals surface area (Å²) in [5.41, 5.74) is -1.02. The van der Waals surface area contributed by atoms with Crippen LogP contribution in [0.3, 0.4) is 0 Å². The molecule has 14 heavy (non-hydrogen) atoms. The number of ether oxygens (including phenoxy) is 1. The minimum absolute atomic E-state index is 0.0789. The van der Waals surface area contributed by atoms with Crippen molar-refractivity contribution in [2.45, 2.75) is 32.2 Å². The number of hydrogen-bond acceptors (Lipinski definition) is 4. The number of carboxylic acids is 1. The summed E-state index contributed by atoms with van der Waals surface area (Å²) in [6.07, 6.45) is 0.853. The van der Waals surface area contributed by atoms with E-state index < -0.39 is 17.5 Å². The highest BCUT2D eigenvalue weighted by molar-refractivity contribution is 5.80. The third-order valence-electron chi connectivity index (χ3n) is 2.42. The van der Waals surface area contributed by atoms with E-state index in [1.807, 2.05) is 0 Å². The Labute approximate surface area is 83.4 Å². The van der Waals surface area contributed by atoms with Crippen LogP contribution in [0.1, 0.15) is 26.7 Å². The minimum Gasteiger partial charge on any atom is -0.480 e. The predicted molar refractivity (Wildman–Crippen MR) is 51.0 cm³/mol. The average molecular weight is 203 g/mol. The quantitative estimate of drug-likeness (QED) is 0.611. The van der Waals surface area contributed by atoms with Crippen LogP contribution in [0, 0.1) is 0 Å². The molecule has 0 aliphatic heterocycles. The van der Waals surface area contributed by atoms with Gasteiger partial charge in [-0.2, -0.15) is 0 Å². The fraction of sp³-hybridized carbons (Fsp3) is 0.778. The fourth-order valence-corrected chi connectivity index (χ4v) is 1.19. The van der Waals surface area contributed by atoms with E-state index in [1.165, 1.54) is 7.11 Å². The van der Waals surface area contributed by atoms with Crippen molar-refractivity contribution in [1.82, 2.24) is 5.32 Å². The maximum atomic E-state index is 11.0. The van der Waals surface area contributed by atoms with E-state index in [1.54, 1.807) is 13.8 Å². The molecule has 0 aromatic rings. The molecule has 0 saturated carbocycles. The van der Waals surface area contributed by atoms with Crippen LogP contribution in [0.15, 0.2) is 0 Å². The standard InChI is InChI=1S/C9H17NO4/c1-4-9(5-2,8(12)13)10-6-7(11)14-3/h10H,4-6H2,1-3H3,(H,12,13).